The van der Waals surface area contributed by atoms with Crippen LogP contribution in [0.1, 0.15) is 38.5 Å². The molecule has 0 spiro atoms. The van der Waals surface area contributed by atoms with Crippen molar-refractivity contribution in [3.05, 3.63) is 11.6 Å². The lowest BCUT2D eigenvalue weighted by Crippen LogP contribution is -2.58. The van der Waals surface area contributed by atoms with Crippen molar-refractivity contribution in [2.45, 2.75) is 50.6 Å². The predicted molar refractivity (Wildman–Crippen MR) is 69.9 cm³/mol. The molecule has 4 atom stereocenters. The van der Waals surface area contributed by atoms with Gasteiger partial charge >= 0.3 is 0 Å². The second-order valence-electron chi connectivity index (χ2n) is 6.49. The molecule has 0 aromatic heterocycles. The van der Waals surface area contributed by atoms with E-state index in [9.17, 15) is 0 Å². The van der Waals surface area contributed by atoms with Gasteiger partial charge in [0.25, 0.3) is 0 Å². The summed E-state index contributed by atoms with van der Waals surface area (Å²) in [5, 5.41) is 3.78. The molecule has 2 bridgehead atoms. The zero-order chi connectivity index (χ0) is 11.2. The van der Waals surface area contributed by atoms with Crippen molar-refractivity contribution >= 4 is 0 Å². The summed E-state index contributed by atoms with van der Waals surface area (Å²) in [5.41, 5.74) is 1.77. The van der Waals surface area contributed by atoms with E-state index in [4.69, 9.17) is 0 Å². The molecule has 3 aliphatic heterocycles. The van der Waals surface area contributed by atoms with E-state index in [-0.39, 0.29) is 0 Å². The van der Waals surface area contributed by atoms with Crippen LogP contribution in [0.15, 0.2) is 11.6 Å². The third-order valence-corrected chi connectivity index (χ3v) is 5.51. The fourth-order valence-corrected chi connectivity index (χ4v) is 4.80. The molecule has 2 heteroatoms. The van der Waals surface area contributed by atoms with Crippen molar-refractivity contribution in [1.29, 1.82) is 0 Å². The molecule has 0 saturated carbocycles. The predicted octanol–water partition coefficient (Wildman–Crippen LogP) is 2.17. The smallest absolute Gasteiger partial charge is 0.0320 e. The molecule has 0 amide bonds. The maximum atomic E-state index is 3.78. The Morgan fingerprint density at radius 3 is 3.24 bits per heavy atom. The molecular weight excluding hydrogens is 208 g/mol. The minimum Gasteiger partial charge on any atom is -0.310 e. The van der Waals surface area contributed by atoms with Crippen LogP contribution in [0.3, 0.4) is 0 Å². The van der Waals surface area contributed by atoms with Crippen molar-refractivity contribution in [3.8, 4) is 0 Å². The Labute approximate surface area is 104 Å². The van der Waals surface area contributed by atoms with Crippen LogP contribution >= 0.6 is 0 Å². The van der Waals surface area contributed by atoms with Crippen LogP contribution in [-0.2, 0) is 0 Å². The number of nitrogens with one attached hydrogen (secondary N) is 1. The Morgan fingerprint density at radius 2 is 2.24 bits per heavy atom. The highest BCUT2D eigenvalue weighted by molar-refractivity contribution is 5.23. The highest BCUT2D eigenvalue weighted by Gasteiger charge is 2.43. The number of rotatable bonds is 0. The van der Waals surface area contributed by atoms with E-state index in [0.717, 1.165) is 23.9 Å². The van der Waals surface area contributed by atoms with Gasteiger partial charge in [-0.15, -0.1) is 0 Å². The highest BCUT2D eigenvalue weighted by Crippen LogP contribution is 2.42. The van der Waals surface area contributed by atoms with Gasteiger partial charge in [0, 0.05) is 18.6 Å². The Hall–Kier alpha value is -0.340. The lowest BCUT2D eigenvalue weighted by Gasteiger charge is -2.52. The molecule has 4 aliphatic rings. The molecule has 1 N–H and O–H groups in total. The lowest BCUT2D eigenvalue weighted by molar-refractivity contribution is 0.0271. The summed E-state index contributed by atoms with van der Waals surface area (Å²) in [4.78, 5) is 2.81. The molecule has 17 heavy (non-hydrogen) atoms. The first kappa shape index (κ1) is 10.6. The molecule has 94 valence electrons. The maximum Gasteiger partial charge on any atom is 0.0320 e. The first-order valence-corrected chi connectivity index (χ1v) is 7.60. The summed E-state index contributed by atoms with van der Waals surface area (Å²) < 4.78 is 0. The van der Waals surface area contributed by atoms with E-state index in [1.807, 2.05) is 0 Å². The average Bonchev–Trinajstić information content (AvgIpc) is 2.39. The molecule has 3 saturated heterocycles. The van der Waals surface area contributed by atoms with Crippen LogP contribution in [-0.4, -0.2) is 36.6 Å². The second-order valence-corrected chi connectivity index (χ2v) is 6.49. The molecule has 3 heterocycles. The van der Waals surface area contributed by atoms with Gasteiger partial charge < -0.3 is 5.32 Å². The molecule has 3 fully saturated rings. The van der Waals surface area contributed by atoms with Crippen molar-refractivity contribution < 1.29 is 0 Å². The minimum atomic E-state index is 0.739. The number of hydrogen-bond acceptors (Lipinski definition) is 2. The number of nitrogens with zero attached hydrogens (tertiary/aromatic N) is 1. The van der Waals surface area contributed by atoms with Crippen LogP contribution in [0.5, 0.6) is 0 Å². The first-order chi connectivity index (χ1) is 8.42. The van der Waals surface area contributed by atoms with Crippen LogP contribution < -0.4 is 5.32 Å². The van der Waals surface area contributed by atoms with E-state index in [2.05, 4.69) is 16.3 Å². The van der Waals surface area contributed by atoms with Gasteiger partial charge in [0.15, 0.2) is 0 Å². The molecule has 0 radical (unpaired) electrons. The van der Waals surface area contributed by atoms with Crippen molar-refractivity contribution in [2.75, 3.05) is 19.6 Å². The first-order valence-electron chi connectivity index (χ1n) is 7.60. The largest absolute Gasteiger partial charge is 0.310 e. The molecule has 2 nitrogen and oxygen atoms in total. The lowest BCUT2D eigenvalue weighted by atomic mass is 9.68. The fourth-order valence-electron chi connectivity index (χ4n) is 4.80. The van der Waals surface area contributed by atoms with Crippen LogP contribution in [0.25, 0.3) is 0 Å². The van der Waals surface area contributed by atoms with Gasteiger partial charge in [0.1, 0.15) is 0 Å². The summed E-state index contributed by atoms with van der Waals surface area (Å²) in [6.07, 6.45) is 11.2. The van der Waals surface area contributed by atoms with Crippen LogP contribution in [0.4, 0.5) is 0 Å². The Morgan fingerprint density at radius 1 is 1.24 bits per heavy atom. The van der Waals surface area contributed by atoms with Gasteiger partial charge in [-0.3, -0.25) is 4.90 Å². The number of piperidine rings is 3. The quantitative estimate of drug-likeness (QED) is 0.644. The molecule has 0 aromatic carbocycles. The molecular formula is C15H24N2. The van der Waals surface area contributed by atoms with E-state index < -0.39 is 0 Å². The Balaban J connectivity index is 1.64. The van der Waals surface area contributed by atoms with Gasteiger partial charge in [-0.05, 0) is 57.0 Å². The SMILES string of the molecule is C1=C2CCCNC2C2CC1C1CCCCN1C2. The van der Waals surface area contributed by atoms with Crippen LogP contribution in [0, 0.1) is 11.8 Å². The van der Waals surface area contributed by atoms with E-state index in [1.54, 1.807) is 5.57 Å². The molecule has 1 aliphatic carbocycles. The molecule has 0 aromatic rings. The van der Waals surface area contributed by atoms with Gasteiger partial charge in [-0.25, -0.2) is 0 Å². The fraction of sp³-hybridized carbons (Fsp3) is 0.867. The summed E-state index contributed by atoms with van der Waals surface area (Å²) >= 11 is 0. The Kier molecular flexibility index (Phi) is 2.55. The summed E-state index contributed by atoms with van der Waals surface area (Å²) in [5.74, 6) is 1.80. The van der Waals surface area contributed by atoms with Crippen molar-refractivity contribution in [2.24, 2.45) is 11.8 Å². The summed E-state index contributed by atoms with van der Waals surface area (Å²) in [6.45, 7) is 3.98. The monoisotopic (exact) mass is 232 g/mol. The van der Waals surface area contributed by atoms with Gasteiger partial charge in [0.05, 0.1) is 0 Å². The zero-order valence-electron chi connectivity index (χ0n) is 10.7. The number of hydrogen-bond donors (Lipinski definition) is 1. The minimum absolute atomic E-state index is 0.739. The molecule has 4 rings (SSSR count). The normalized spacial score (nSPS) is 45.8. The van der Waals surface area contributed by atoms with Gasteiger partial charge in [-0.1, -0.05) is 18.1 Å². The number of fused-ring (bicyclic) bond motifs is 6. The van der Waals surface area contributed by atoms with Crippen molar-refractivity contribution in [1.82, 2.24) is 10.2 Å². The van der Waals surface area contributed by atoms with E-state index >= 15 is 0 Å². The third kappa shape index (κ3) is 1.68. The van der Waals surface area contributed by atoms with Gasteiger partial charge in [0.2, 0.25) is 0 Å². The van der Waals surface area contributed by atoms with E-state index in [1.165, 1.54) is 58.2 Å². The van der Waals surface area contributed by atoms with Crippen molar-refractivity contribution in [3.63, 3.8) is 0 Å². The Bertz CT molecular complexity index is 336. The van der Waals surface area contributed by atoms with Gasteiger partial charge in [-0.2, -0.15) is 0 Å². The maximum absolute atomic E-state index is 3.78. The standard InChI is InChI=1S/C15H24N2/c1-2-7-17-10-13-9-12(14(17)5-1)8-11-4-3-6-16-15(11)13/h8,12-16H,1-7,9-10H2. The topological polar surface area (TPSA) is 15.3 Å². The molecule has 4 unspecified atom stereocenters. The summed E-state index contributed by atoms with van der Waals surface area (Å²) in [6, 6.07) is 1.64. The third-order valence-electron chi connectivity index (χ3n) is 5.51. The highest BCUT2D eigenvalue weighted by atomic mass is 15.2. The average molecular weight is 232 g/mol. The van der Waals surface area contributed by atoms with Crippen LogP contribution in [0.2, 0.25) is 0 Å². The second kappa shape index (κ2) is 4.10. The zero-order valence-corrected chi connectivity index (χ0v) is 10.7. The summed E-state index contributed by atoms with van der Waals surface area (Å²) in [7, 11) is 0. The van der Waals surface area contributed by atoms with E-state index in [0.29, 0.717) is 0 Å².